The van der Waals surface area contributed by atoms with E-state index in [-0.39, 0.29) is 10.8 Å². The lowest BCUT2D eigenvalue weighted by Gasteiger charge is -2.15. The van der Waals surface area contributed by atoms with Crippen LogP contribution in [0.3, 0.4) is 0 Å². The highest BCUT2D eigenvalue weighted by atomic mass is 16.1. The van der Waals surface area contributed by atoms with Gasteiger partial charge >= 0.3 is 0 Å². The topological polar surface area (TPSA) is 17.1 Å². The van der Waals surface area contributed by atoms with E-state index in [2.05, 4.69) is 27.7 Å². The maximum Gasteiger partial charge on any atom is 0.145 e. The maximum absolute atomic E-state index is 12.0. The van der Waals surface area contributed by atoms with Crippen molar-refractivity contribution in [2.75, 3.05) is 0 Å². The van der Waals surface area contributed by atoms with Crippen LogP contribution in [0.2, 0.25) is 0 Å². The van der Waals surface area contributed by atoms with E-state index in [9.17, 15) is 4.79 Å². The summed E-state index contributed by atoms with van der Waals surface area (Å²) in [6, 6.07) is 0. The molecule has 0 radical (unpaired) electrons. The molecular formula is C11H18O. The first kappa shape index (κ1) is 8.28. The zero-order chi connectivity index (χ0) is 9.15. The Morgan fingerprint density at radius 1 is 1.08 bits per heavy atom. The largest absolute Gasteiger partial charge is 0.298 e. The van der Waals surface area contributed by atoms with Gasteiger partial charge in [0, 0.05) is 10.8 Å². The van der Waals surface area contributed by atoms with E-state index in [0.29, 0.717) is 17.6 Å². The van der Waals surface area contributed by atoms with Gasteiger partial charge in [-0.2, -0.15) is 0 Å². The molecule has 0 spiro atoms. The van der Waals surface area contributed by atoms with Crippen LogP contribution in [-0.2, 0) is 4.79 Å². The van der Waals surface area contributed by atoms with Crippen molar-refractivity contribution >= 4 is 5.78 Å². The van der Waals surface area contributed by atoms with E-state index in [1.165, 1.54) is 0 Å². The summed E-state index contributed by atoms with van der Waals surface area (Å²) in [5.41, 5.74) is 0.110. The lowest BCUT2D eigenvalue weighted by Crippen LogP contribution is -2.24. The van der Waals surface area contributed by atoms with Gasteiger partial charge in [-0.15, -0.1) is 0 Å². The van der Waals surface area contributed by atoms with Crippen LogP contribution in [0.4, 0.5) is 0 Å². The predicted octanol–water partition coefficient (Wildman–Crippen LogP) is 2.65. The Morgan fingerprint density at radius 2 is 1.33 bits per heavy atom. The van der Waals surface area contributed by atoms with Crippen LogP contribution in [-0.4, -0.2) is 5.78 Å². The molecule has 0 aliphatic heterocycles. The number of ketones is 1. The van der Waals surface area contributed by atoms with Crippen molar-refractivity contribution in [3.63, 3.8) is 0 Å². The van der Waals surface area contributed by atoms with Gasteiger partial charge < -0.3 is 0 Å². The van der Waals surface area contributed by atoms with Gasteiger partial charge in [0.15, 0.2) is 0 Å². The molecule has 0 N–H and O–H groups in total. The number of hydrogen-bond donors (Lipinski definition) is 0. The fraction of sp³-hybridized carbons (Fsp3) is 0.909. The first-order valence-corrected chi connectivity index (χ1v) is 4.96. The summed E-state index contributed by atoms with van der Waals surface area (Å²) in [5, 5.41) is 0. The van der Waals surface area contributed by atoms with E-state index in [1.807, 2.05) is 0 Å². The molecule has 0 aromatic rings. The van der Waals surface area contributed by atoms with Gasteiger partial charge in [-0.1, -0.05) is 27.7 Å². The summed E-state index contributed by atoms with van der Waals surface area (Å²) in [4.78, 5) is 12.0. The quantitative estimate of drug-likeness (QED) is 0.616. The number of carbonyl (C=O) groups is 1. The molecule has 0 saturated heterocycles. The van der Waals surface area contributed by atoms with Crippen LogP contribution in [0.25, 0.3) is 0 Å². The van der Waals surface area contributed by atoms with Crippen LogP contribution in [0.5, 0.6) is 0 Å². The Labute approximate surface area is 74.5 Å². The van der Waals surface area contributed by atoms with E-state index < -0.39 is 0 Å². The average Bonchev–Trinajstić information content (AvgIpc) is 2.77. The smallest absolute Gasteiger partial charge is 0.145 e. The molecule has 4 atom stereocenters. The fourth-order valence-electron chi connectivity index (χ4n) is 2.44. The SMILES string of the molecule is C[C@@H]1C[C@@]1(C)C(=O)[C@@]1(C)C[C@@H]1C. The predicted molar refractivity (Wildman–Crippen MR) is 48.8 cm³/mol. The van der Waals surface area contributed by atoms with Crippen LogP contribution < -0.4 is 0 Å². The maximum atomic E-state index is 12.0. The molecule has 0 aromatic carbocycles. The molecule has 2 aliphatic rings. The van der Waals surface area contributed by atoms with E-state index >= 15 is 0 Å². The molecule has 1 nitrogen and oxygen atoms in total. The first-order valence-electron chi connectivity index (χ1n) is 4.96. The lowest BCUT2D eigenvalue weighted by molar-refractivity contribution is -0.129. The third-order valence-corrected chi connectivity index (χ3v) is 4.35. The zero-order valence-electron chi connectivity index (χ0n) is 8.48. The van der Waals surface area contributed by atoms with Crippen molar-refractivity contribution in [3.8, 4) is 0 Å². The van der Waals surface area contributed by atoms with Crippen molar-refractivity contribution < 1.29 is 4.79 Å². The summed E-state index contributed by atoms with van der Waals surface area (Å²) in [6.45, 7) is 8.65. The molecule has 0 amide bonds. The Bertz CT molecular complexity index is 221. The molecule has 1 heteroatoms. The highest BCUT2D eigenvalue weighted by Gasteiger charge is 2.64. The molecule has 0 bridgehead atoms. The number of Topliss-reactive ketones (excluding diaryl/α,β-unsaturated/α-hetero) is 1. The first-order chi connectivity index (χ1) is 5.41. The Morgan fingerprint density at radius 3 is 1.50 bits per heavy atom. The third kappa shape index (κ3) is 0.826. The van der Waals surface area contributed by atoms with Crippen LogP contribution in [0.1, 0.15) is 40.5 Å². The van der Waals surface area contributed by atoms with Crippen molar-refractivity contribution in [1.29, 1.82) is 0 Å². The Kier molecular flexibility index (Phi) is 1.34. The minimum atomic E-state index is 0.0551. The van der Waals surface area contributed by atoms with Gasteiger partial charge in [-0.3, -0.25) is 4.79 Å². The second kappa shape index (κ2) is 1.94. The second-order valence-electron chi connectivity index (χ2n) is 5.37. The molecule has 0 heterocycles. The van der Waals surface area contributed by atoms with Crippen molar-refractivity contribution in [3.05, 3.63) is 0 Å². The Hall–Kier alpha value is -0.330. The van der Waals surface area contributed by atoms with Gasteiger partial charge in [-0.25, -0.2) is 0 Å². The molecule has 2 saturated carbocycles. The second-order valence-corrected chi connectivity index (χ2v) is 5.37. The third-order valence-electron chi connectivity index (χ3n) is 4.35. The Balaban J connectivity index is 2.12. The number of carbonyl (C=O) groups excluding carboxylic acids is 1. The molecule has 0 aromatic heterocycles. The van der Waals surface area contributed by atoms with Crippen LogP contribution in [0, 0.1) is 22.7 Å². The van der Waals surface area contributed by atoms with Crippen LogP contribution in [0.15, 0.2) is 0 Å². The highest BCUT2D eigenvalue weighted by Crippen LogP contribution is 2.63. The number of rotatable bonds is 2. The van der Waals surface area contributed by atoms with E-state index in [1.54, 1.807) is 0 Å². The fourth-order valence-corrected chi connectivity index (χ4v) is 2.44. The molecule has 68 valence electrons. The normalized spacial score (nSPS) is 56.7. The molecule has 2 fully saturated rings. The van der Waals surface area contributed by atoms with Crippen molar-refractivity contribution in [2.45, 2.75) is 40.5 Å². The van der Waals surface area contributed by atoms with Gasteiger partial charge in [0.2, 0.25) is 0 Å². The van der Waals surface area contributed by atoms with Gasteiger partial charge in [-0.05, 0) is 24.7 Å². The van der Waals surface area contributed by atoms with Crippen molar-refractivity contribution in [2.24, 2.45) is 22.7 Å². The summed E-state index contributed by atoms with van der Waals surface area (Å²) >= 11 is 0. The number of hydrogen-bond acceptors (Lipinski definition) is 1. The van der Waals surface area contributed by atoms with Crippen LogP contribution >= 0.6 is 0 Å². The summed E-state index contributed by atoms with van der Waals surface area (Å²) in [6.07, 6.45) is 2.24. The summed E-state index contributed by atoms with van der Waals surface area (Å²) in [7, 11) is 0. The van der Waals surface area contributed by atoms with Gasteiger partial charge in [0.05, 0.1) is 0 Å². The molecule has 12 heavy (non-hydrogen) atoms. The van der Waals surface area contributed by atoms with Gasteiger partial charge in [0.25, 0.3) is 0 Å². The molecule has 2 aliphatic carbocycles. The summed E-state index contributed by atoms with van der Waals surface area (Å²) in [5.74, 6) is 1.80. The molecular weight excluding hydrogens is 148 g/mol. The van der Waals surface area contributed by atoms with E-state index in [4.69, 9.17) is 0 Å². The average molecular weight is 166 g/mol. The standard InChI is InChI=1S/C11H18O/c1-7-5-10(7,3)9(12)11(4)6-8(11)2/h7-8H,5-6H2,1-4H3/t7-,8+,10-,11+. The van der Waals surface area contributed by atoms with Gasteiger partial charge in [0.1, 0.15) is 5.78 Å². The zero-order valence-corrected chi connectivity index (χ0v) is 8.48. The molecule has 0 unspecified atom stereocenters. The highest BCUT2D eigenvalue weighted by molar-refractivity contribution is 5.94. The monoisotopic (exact) mass is 166 g/mol. The summed E-state index contributed by atoms with van der Waals surface area (Å²) < 4.78 is 0. The van der Waals surface area contributed by atoms with E-state index in [0.717, 1.165) is 12.8 Å². The van der Waals surface area contributed by atoms with Crippen molar-refractivity contribution in [1.82, 2.24) is 0 Å². The minimum Gasteiger partial charge on any atom is -0.298 e. The minimum absolute atomic E-state index is 0.0551. The molecule has 2 rings (SSSR count). The lowest BCUT2D eigenvalue weighted by atomic mass is 9.87.